The van der Waals surface area contributed by atoms with Gasteiger partial charge in [0.2, 0.25) is 0 Å². The molecule has 0 heterocycles. The molecular weight excluding hydrogens is 1020 g/mol. The molecule has 0 spiro atoms. The first-order valence-corrected chi connectivity index (χ1v) is 35.4. The minimum atomic E-state index is -0.799. The number of ether oxygens (including phenoxy) is 3. The summed E-state index contributed by atoms with van der Waals surface area (Å²) in [5, 5.41) is 0. The Labute approximate surface area is 514 Å². The molecule has 0 aliphatic heterocycles. The normalized spacial score (nSPS) is 12.8. The first kappa shape index (κ1) is 79.1. The van der Waals surface area contributed by atoms with Gasteiger partial charge in [-0.05, 0) is 122 Å². The summed E-state index contributed by atoms with van der Waals surface area (Å²) >= 11 is 0. The van der Waals surface area contributed by atoms with Crippen LogP contribution in [-0.4, -0.2) is 37.2 Å². The fourth-order valence-electron chi connectivity index (χ4n) is 10.0. The van der Waals surface area contributed by atoms with Gasteiger partial charge in [-0.2, -0.15) is 0 Å². The Morgan fingerprint density at radius 2 is 0.470 bits per heavy atom. The van der Waals surface area contributed by atoms with E-state index in [1.165, 1.54) is 167 Å². The van der Waals surface area contributed by atoms with Crippen LogP contribution in [0.3, 0.4) is 0 Å². The van der Waals surface area contributed by atoms with E-state index in [1.54, 1.807) is 0 Å². The van der Waals surface area contributed by atoms with E-state index in [9.17, 15) is 14.4 Å². The van der Waals surface area contributed by atoms with Crippen molar-refractivity contribution in [1.29, 1.82) is 0 Å². The molecule has 0 N–H and O–H groups in total. The average Bonchev–Trinajstić information content (AvgIpc) is 3.49. The topological polar surface area (TPSA) is 78.9 Å². The molecule has 0 rings (SSSR count). The molecule has 83 heavy (non-hydrogen) atoms. The molecule has 1 atom stereocenters. The summed E-state index contributed by atoms with van der Waals surface area (Å²) in [6.45, 7) is 6.42. The fourth-order valence-corrected chi connectivity index (χ4v) is 10.0. The van der Waals surface area contributed by atoms with Crippen LogP contribution >= 0.6 is 0 Å². The van der Waals surface area contributed by atoms with Gasteiger partial charge in [0.1, 0.15) is 13.2 Å². The average molecular weight is 1150 g/mol. The van der Waals surface area contributed by atoms with Gasteiger partial charge in [-0.15, -0.1) is 0 Å². The van der Waals surface area contributed by atoms with Crippen LogP contribution in [0.5, 0.6) is 0 Å². The SMILES string of the molecule is CC/C=C\C/C=C\C/C=C\C/C=C\CCCCCCCCC(=O)OC(COC(=O)CCCCCC/C=C\C/C=C\C/C=C\C/C=C\CC)COC(=O)CCCCCCCCCCCCCCCCCCC/C=C\CCCCCCCCCC. The largest absolute Gasteiger partial charge is 0.462 e. The van der Waals surface area contributed by atoms with Crippen LogP contribution in [0.1, 0.15) is 342 Å². The highest BCUT2D eigenvalue weighted by atomic mass is 16.6. The van der Waals surface area contributed by atoms with Crippen LogP contribution in [0, 0.1) is 0 Å². The van der Waals surface area contributed by atoms with Crippen molar-refractivity contribution in [3.05, 3.63) is 109 Å². The zero-order valence-corrected chi connectivity index (χ0v) is 54.7. The minimum absolute atomic E-state index is 0.0911. The third-order valence-electron chi connectivity index (χ3n) is 15.2. The molecule has 0 aromatic carbocycles. The van der Waals surface area contributed by atoms with Crippen molar-refractivity contribution in [1.82, 2.24) is 0 Å². The summed E-state index contributed by atoms with van der Waals surface area (Å²) in [6, 6.07) is 0. The molecule has 0 saturated heterocycles. The van der Waals surface area contributed by atoms with Crippen LogP contribution in [0.4, 0.5) is 0 Å². The molecule has 1 unspecified atom stereocenters. The lowest BCUT2D eigenvalue weighted by Crippen LogP contribution is -2.30. The fraction of sp³-hybridized carbons (Fsp3) is 0.727. The van der Waals surface area contributed by atoms with E-state index in [2.05, 4.69) is 130 Å². The third kappa shape index (κ3) is 68.7. The predicted octanol–water partition coefficient (Wildman–Crippen LogP) is 24.6. The molecule has 0 fully saturated rings. The molecule has 6 nitrogen and oxygen atoms in total. The summed E-state index contributed by atoms with van der Waals surface area (Å²) < 4.78 is 17.0. The lowest BCUT2D eigenvalue weighted by Gasteiger charge is -2.18. The molecule has 476 valence electrons. The number of carbonyl (C=O) groups is 3. The Morgan fingerprint density at radius 1 is 0.253 bits per heavy atom. The summed E-state index contributed by atoms with van der Waals surface area (Å²) in [7, 11) is 0. The van der Waals surface area contributed by atoms with Gasteiger partial charge in [0.25, 0.3) is 0 Å². The highest BCUT2D eigenvalue weighted by Gasteiger charge is 2.19. The second-order valence-electron chi connectivity index (χ2n) is 23.4. The van der Waals surface area contributed by atoms with E-state index in [0.717, 1.165) is 135 Å². The number of hydrogen-bond donors (Lipinski definition) is 0. The maximum absolute atomic E-state index is 12.9. The quantitative estimate of drug-likeness (QED) is 0.0261. The highest BCUT2D eigenvalue weighted by Crippen LogP contribution is 2.17. The lowest BCUT2D eigenvalue weighted by atomic mass is 10.0. The first-order chi connectivity index (χ1) is 41.0. The smallest absolute Gasteiger partial charge is 0.306 e. The summed E-state index contributed by atoms with van der Waals surface area (Å²) in [4.78, 5) is 38.5. The van der Waals surface area contributed by atoms with E-state index < -0.39 is 6.10 Å². The number of rotatable bonds is 64. The van der Waals surface area contributed by atoms with Gasteiger partial charge in [-0.3, -0.25) is 14.4 Å². The number of carbonyl (C=O) groups excluding carboxylic acids is 3. The highest BCUT2D eigenvalue weighted by molar-refractivity contribution is 5.71. The number of hydrogen-bond acceptors (Lipinski definition) is 6. The molecule has 0 bridgehead atoms. The predicted molar refractivity (Wildman–Crippen MR) is 362 cm³/mol. The van der Waals surface area contributed by atoms with Crippen LogP contribution in [0.25, 0.3) is 0 Å². The molecule has 0 aliphatic rings. The summed E-state index contributed by atoms with van der Waals surface area (Å²) in [5.74, 6) is -0.917. The van der Waals surface area contributed by atoms with Gasteiger partial charge < -0.3 is 14.2 Å². The van der Waals surface area contributed by atoms with Crippen LogP contribution in [-0.2, 0) is 28.6 Å². The van der Waals surface area contributed by atoms with E-state index in [-0.39, 0.29) is 31.1 Å². The van der Waals surface area contributed by atoms with Gasteiger partial charge >= 0.3 is 17.9 Å². The molecule has 0 aromatic heterocycles. The van der Waals surface area contributed by atoms with E-state index in [4.69, 9.17) is 14.2 Å². The van der Waals surface area contributed by atoms with Crippen molar-refractivity contribution in [2.24, 2.45) is 0 Å². The Balaban J connectivity index is 4.32. The number of allylic oxidation sites excluding steroid dienone is 18. The maximum atomic E-state index is 12.9. The zero-order chi connectivity index (χ0) is 59.9. The Bertz CT molecular complexity index is 1660. The van der Waals surface area contributed by atoms with Gasteiger partial charge in [0.15, 0.2) is 6.10 Å². The van der Waals surface area contributed by atoms with Crippen molar-refractivity contribution >= 4 is 17.9 Å². The van der Waals surface area contributed by atoms with Crippen molar-refractivity contribution in [3.8, 4) is 0 Å². The Morgan fingerprint density at radius 3 is 0.747 bits per heavy atom. The van der Waals surface area contributed by atoms with Crippen molar-refractivity contribution < 1.29 is 28.6 Å². The molecule has 0 saturated carbocycles. The number of unbranched alkanes of at least 4 members (excludes halogenated alkanes) is 35. The van der Waals surface area contributed by atoms with Gasteiger partial charge in [0.05, 0.1) is 0 Å². The summed E-state index contributed by atoms with van der Waals surface area (Å²) in [5.41, 5.74) is 0. The van der Waals surface area contributed by atoms with Crippen molar-refractivity contribution in [2.45, 2.75) is 348 Å². The van der Waals surface area contributed by atoms with Crippen molar-refractivity contribution in [2.75, 3.05) is 13.2 Å². The minimum Gasteiger partial charge on any atom is -0.462 e. The van der Waals surface area contributed by atoms with Crippen LogP contribution < -0.4 is 0 Å². The Hall–Kier alpha value is -3.93. The Kier molecular flexibility index (Phi) is 67.2. The molecule has 0 amide bonds. The van der Waals surface area contributed by atoms with Crippen LogP contribution in [0.2, 0.25) is 0 Å². The molecule has 6 heteroatoms. The van der Waals surface area contributed by atoms with Crippen LogP contribution in [0.15, 0.2) is 109 Å². The second kappa shape index (κ2) is 70.6. The standard InChI is InChI=1S/C77H132O6/c1-4-7-10-13-16-19-22-25-28-31-33-34-35-36-37-38-39-40-41-42-44-46-49-52-55-58-61-64-67-70-76(79)82-73-74(72-81-75(78)69-66-63-60-57-54-51-48-45-30-27-24-21-18-15-12-9-6-3)83-77(80)71-68-65-62-59-56-53-50-47-43-32-29-26-23-20-17-14-11-8-5-2/h8-9,11-12,17-18,20-21,26-27,29-31,33,43,47-48,51,74H,4-7,10,13-16,19,22-25,28,32,34-42,44-46,49-50,52-73H2,1-3H3/b11-8-,12-9-,20-17-,21-18-,29-26-,30-27-,33-31-,47-43-,51-48-. The van der Waals surface area contributed by atoms with Gasteiger partial charge in [0, 0.05) is 19.3 Å². The first-order valence-electron chi connectivity index (χ1n) is 35.4. The molecule has 0 aliphatic carbocycles. The monoisotopic (exact) mass is 1150 g/mol. The zero-order valence-electron chi connectivity index (χ0n) is 54.7. The van der Waals surface area contributed by atoms with E-state index in [0.29, 0.717) is 19.3 Å². The molecule has 0 radical (unpaired) electrons. The third-order valence-corrected chi connectivity index (χ3v) is 15.2. The second-order valence-corrected chi connectivity index (χ2v) is 23.4. The summed E-state index contributed by atoms with van der Waals surface area (Å²) in [6.07, 6.45) is 96.9. The molecule has 0 aromatic rings. The maximum Gasteiger partial charge on any atom is 0.306 e. The lowest BCUT2D eigenvalue weighted by molar-refractivity contribution is -0.167. The van der Waals surface area contributed by atoms with E-state index >= 15 is 0 Å². The van der Waals surface area contributed by atoms with Gasteiger partial charge in [-0.1, -0.05) is 310 Å². The van der Waals surface area contributed by atoms with Gasteiger partial charge in [-0.25, -0.2) is 0 Å². The number of esters is 3. The van der Waals surface area contributed by atoms with Crippen molar-refractivity contribution in [3.63, 3.8) is 0 Å². The molecular formula is C77H132O6. The van der Waals surface area contributed by atoms with E-state index in [1.807, 2.05) is 0 Å².